The monoisotopic (exact) mass is 519 g/mol. The SMILES string of the molecule is CC(C)(C)OC(=O)NC(c1ccccc1)C(F)(S(=O)(=O)c1ccccc1)S(=O)(=O)c1ccccc1. The number of hydrogen-bond acceptors (Lipinski definition) is 6. The van der Waals surface area contributed by atoms with Gasteiger partial charge in [0.15, 0.2) is 0 Å². The molecule has 0 saturated heterocycles. The van der Waals surface area contributed by atoms with Crippen molar-refractivity contribution in [1.82, 2.24) is 5.32 Å². The van der Waals surface area contributed by atoms with Gasteiger partial charge in [0.1, 0.15) is 11.6 Å². The van der Waals surface area contributed by atoms with E-state index >= 15 is 4.39 Å². The van der Waals surface area contributed by atoms with Crippen LogP contribution in [0.15, 0.2) is 101 Å². The quantitative estimate of drug-likeness (QED) is 0.480. The van der Waals surface area contributed by atoms with Crippen LogP contribution in [0.4, 0.5) is 9.18 Å². The van der Waals surface area contributed by atoms with Crippen molar-refractivity contribution in [3.8, 4) is 0 Å². The van der Waals surface area contributed by atoms with E-state index in [1.54, 1.807) is 26.8 Å². The summed E-state index contributed by atoms with van der Waals surface area (Å²) in [6, 6.07) is 17.8. The highest BCUT2D eigenvalue weighted by Crippen LogP contribution is 2.46. The summed E-state index contributed by atoms with van der Waals surface area (Å²) in [5.41, 5.74) is -1.10. The van der Waals surface area contributed by atoms with E-state index in [1.807, 2.05) is 0 Å². The Kier molecular flexibility index (Phi) is 7.37. The third-order valence-electron chi connectivity index (χ3n) is 4.98. The average Bonchev–Trinajstić information content (AvgIpc) is 2.82. The predicted molar refractivity (Wildman–Crippen MR) is 130 cm³/mol. The molecule has 3 aromatic carbocycles. The van der Waals surface area contributed by atoms with E-state index in [1.165, 1.54) is 60.7 Å². The Balaban J connectivity index is 2.34. The van der Waals surface area contributed by atoms with Gasteiger partial charge in [-0.1, -0.05) is 66.7 Å². The molecular weight excluding hydrogens is 493 g/mol. The summed E-state index contributed by atoms with van der Waals surface area (Å²) in [4.78, 5) is 11.6. The summed E-state index contributed by atoms with van der Waals surface area (Å²) in [6.07, 6.45) is -1.18. The second kappa shape index (κ2) is 9.79. The lowest BCUT2D eigenvalue weighted by Gasteiger charge is -2.34. The van der Waals surface area contributed by atoms with Crippen molar-refractivity contribution in [3.63, 3.8) is 0 Å². The minimum atomic E-state index is -5.27. The fourth-order valence-electron chi connectivity index (χ4n) is 3.41. The number of halogens is 1. The number of carbonyl (C=O) groups is 1. The van der Waals surface area contributed by atoms with Crippen molar-refractivity contribution >= 4 is 25.8 Å². The summed E-state index contributed by atoms with van der Waals surface area (Å²) >= 11 is 0. The van der Waals surface area contributed by atoms with E-state index in [9.17, 15) is 21.6 Å². The zero-order valence-electron chi connectivity index (χ0n) is 19.4. The van der Waals surface area contributed by atoms with Crippen LogP contribution in [0.5, 0.6) is 0 Å². The van der Waals surface area contributed by atoms with Crippen LogP contribution in [0.25, 0.3) is 0 Å². The lowest BCUT2D eigenvalue weighted by molar-refractivity contribution is 0.0481. The molecule has 3 rings (SSSR count). The molecular formula is C25H26FNO6S2. The minimum absolute atomic E-state index is 0.0835. The molecule has 0 saturated carbocycles. The smallest absolute Gasteiger partial charge is 0.408 e. The van der Waals surface area contributed by atoms with Gasteiger partial charge in [-0.3, -0.25) is 0 Å². The molecule has 0 bridgehead atoms. The van der Waals surface area contributed by atoms with Crippen molar-refractivity contribution in [3.05, 3.63) is 96.6 Å². The van der Waals surface area contributed by atoms with E-state index in [0.29, 0.717) is 0 Å². The molecule has 1 N–H and O–H groups in total. The van der Waals surface area contributed by atoms with E-state index < -0.39 is 51.5 Å². The average molecular weight is 520 g/mol. The van der Waals surface area contributed by atoms with Crippen molar-refractivity contribution in [1.29, 1.82) is 0 Å². The predicted octanol–water partition coefficient (Wildman–Crippen LogP) is 4.82. The van der Waals surface area contributed by atoms with Gasteiger partial charge in [-0.05, 0) is 50.6 Å². The van der Waals surface area contributed by atoms with Gasteiger partial charge >= 0.3 is 10.4 Å². The molecule has 0 fully saturated rings. The second-order valence-corrected chi connectivity index (χ2v) is 13.1. The number of benzene rings is 3. The molecule has 0 heterocycles. The standard InChI is InChI=1S/C25H26FNO6S2/c1-24(2,3)33-23(28)27-22(19-13-7-4-8-14-19)25(26,34(29,30)20-15-9-5-10-16-20)35(31,32)21-17-11-6-12-18-21/h4-18,22H,1-3H3,(H,27,28). The number of alkyl halides is 1. The lowest BCUT2D eigenvalue weighted by atomic mass is 10.1. The molecule has 0 aliphatic rings. The van der Waals surface area contributed by atoms with E-state index in [-0.39, 0.29) is 5.56 Å². The fourth-order valence-corrected chi connectivity index (χ4v) is 7.83. The highest BCUT2D eigenvalue weighted by Gasteiger charge is 2.63. The van der Waals surface area contributed by atoms with Crippen molar-refractivity contribution in [2.45, 2.75) is 46.5 Å². The van der Waals surface area contributed by atoms with Gasteiger partial charge in [0, 0.05) is 0 Å². The summed E-state index contributed by atoms with van der Waals surface area (Å²) < 4.78 is 73.8. The van der Waals surface area contributed by atoms with Crippen LogP contribution in [0.3, 0.4) is 0 Å². The van der Waals surface area contributed by atoms with Crippen LogP contribution < -0.4 is 5.32 Å². The minimum Gasteiger partial charge on any atom is -0.444 e. The molecule has 1 unspecified atom stereocenters. The Labute approximate surface area is 204 Å². The van der Waals surface area contributed by atoms with Crippen LogP contribution in [-0.2, 0) is 24.4 Å². The maximum Gasteiger partial charge on any atom is 0.408 e. The maximum absolute atomic E-state index is 17.4. The second-order valence-electron chi connectivity index (χ2n) is 8.71. The molecule has 35 heavy (non-hydrogen) atoms. The number of rotatable bonds is 7. The number of amides is 1. The number of carbonyl (C=O) groups excluding carboxylic acids is 1. The zero-order valence-corrected chi connectivity index (χ0v) is 21.0. The van der Waals surface area contributed by atoms with Gasteiger partial charge in [0.2, 0.25) is 19.7 Å². The number of ether oxygens (including phenoxy) is 1. The summed E-state index contributed by atoms with van der Waals surface area (Å²) in [5.74, 6) is 0. The largest absolute Gasteiger partial charge is 0.444 e. The van der Waals surface area contributed by atoms with Crippen molar-refractivity contribution in [2.75, 3.05) is 0 Å². The zero-order chi connectivity index (χ0) is 25.9. The summed E-state index contributed by atoms with van der Waals surface area (Å²) in [6.45, 7) is 4.69. The number of nitrogens with one attached hydrogen (secondary N) is 1. The van der Waals surface area contributed by atoms with Crippen LogP contribution in [0.1, 0.15) is 32.4 Å². The third kappa shape index (κ3) is 5.23. The van der Waals surface area contributed by atoms with Gasteiger partial charge < -0.3 is 10.1 Å². The summed E-state index contributed by atoms with van der Waals surface area (Å²) in [7, 11) is -10.5. The molecule has 186 valence electrons. The topological polar surface area (TPSA) is 107 Å². The summed E-state index contributed by atoms with van der Waals surface area (Å²) in [5, 5.41) is 2.19. The number of hydrogen-bond donors (Lipinski definition) is 1. The van der Waals surface area contributed by atoms with Gasteiger partial charge in [-0.2, -0.15) is 0 Å². The Morgan fingerprint density at radius 1 is 0.743 bits per heavy atom. The molecule has 10 heteroatoms. The Morgan fingerprint density at radius 2 is 1.11 bits per heavy atom. The van der Waals surface area contributed by atoms with E-state index in [0.717, 1.165) is 24.3 Å². The highest BCUT2D eigenvalue weighted by atomic mass is 32.3. The number of sulfone groups is 2. The molecule has 1 amide bonds. The molecule has 3 aromatic rings. The molecule has 0 aliphatic carbocycles. The lowest BCUT2D eigenvalue weighted by Crippen LogP contribution is -2.54. The van der Waals surface area contributed by atoms with E-state index in [4.69, 9.17) is 4.74 Å². The van der Waals surface area contributed by atoms with Gasteiger partial charge in [0.25, 0.3) is 0 Å². The van der Waals surface area contributed by atoms with Gasteiger partial charge in [-0.15, -0.1) is 0 Å². The van der Waals surface area contributed by atoms with Crippen LogP contribution >= 0.6 is 0 Å². The molecule has 0 radical (unpaired) electrons. The first-order valence-electron chi connectivity index (χ1n) is 10.6. The Morgan fingerprint density at radius 3 is 1.49 bits per heavy atom. The first-order chi connectivity index (χ1) is 16.3. The first kappa shape index (κ1) is 26.4. The molecule has 0 spiro atoms. The Bertz CT molecular complexity index is 1300. The Hall–Kier alpha value is -3.24. The maximum atomic E-state index is 17.4. The highest BCUT2D eigenvalue weighted by molar-refractivity contribution is 8.10. The van der Waals surface area contributed by atoms with Gasteiger partial charge in [0.05, 0.1) is 9.79 Å². The molecule has 0 aliphatic heterocycles. The van der Waals surface area contributed by atoms with Gasteiger partial charge in [-0.25, -0.2) is 26.0 Å². The first-order valence-corrected chi connectivity index (χ1v) is 13.6. The molecule has 0 aromatic heterocycles. The third-order valence-corrected chi connectivity index (χ3v) is 10.0. The van der Waals surface area contributed by atoms with Crippen LogP contribution in [0, 0.1) is 0 Å². The normalized spacial score (nSPS) is 13.6. The van der Waals surface area contributed by atoms with Crippen molar-refractivity contribution < 1.29 is 30.8 Å². The van der Waals surface area contributed by atoms with E-state index in [2.05, 4.69) is 5.32 Å². The number of alkyl carbamates (subject to hydrolysis) is 1. The van der Waals surface area contributed by atoms with Crippen molar-refractivity contribution in [2.24, 2.45) is 0 Å². The van der Waals surface area contributed by atoms with Crippen LogP contribution in [-0.4, -0.2) is 32.9 Å². The molecule has 1 atom stereocenters. The van der Waals surface area contributed by atoms with Crippen LogP contribution in [0.2, 0.25) is 0 Å². The fraction of sp³-hybridized carbons (Fsp3) is 0.240. The molecule has 7 nitrogen and oxygen atoms in total.